The van der Waals surface area contributed by atoms with Crippen molar-refractivity contribution in [3.8, 4) is 0 Å². The summed E-state index contributed by atoms with van der Waals surface area (Å²) in [4.78, 5) is 11.4. The summed E-state index contributed by atoms with van der Waals surface area (Å²) in [6.45, 7) is 5.78. The Hall–Kier alpha value is -0.900. The van der Waals surface area contributed by atoms with Crippen molar-refractivity contribution in [2.75, 3.05) is 6.61 Å². The van der Waals surface area contributed by atoms with E-state index in [-0.39, 0.29) is 18.0 Å². The first kappa shape index (κ1) is 22.8. The number of hydrogen-bond acceptors (Lipinski definition) is 3. The average molecular weight is 409 g/mol. The van der Waals surface area contributed by atoms with Gasteiger partial charge in [0.1, 0.15) is 6.17 Å². The van der Waals surface area contributed by atoms with Crippen LogP contribution in [0.3, 0.4) is 0 Å². The number of aliphatic hydroxyl groups excluding tert-OH is 1. The Labute approximate surface area is 176 Å². The van der Waals surface area contributed by atoms with Gasteiger partial charge in [-0.15, -0.1) is 0 Å². The Bertz CT molecular complexity index is 532. The molecule has 0 radical (unpaired) electrons. The number of aliphatic hydroxyl groups is 1. The molecule has 166 valence electrons. The molecule has 3 saturated carbocycles. The Kier molecular flexibility index (Phi) is 8.58. The van der Waals surface area contributed by atoms with Crippen LogP contribution in [0.2, 0.25) is 0 Å². The van der Waals surface area contributed by atoms with Crippen LogP contribution in [0.4, 0.5) is 4.39 Å². The molecule has 0 bridgehead atoms. The molecular formula is C25H41FO3. The SMILES string of the molecule is C=C(C)C(=O)OCCCC1CCC(C2CCC(C3CCC(O)CC3)C(F)C2)CC1. The summed E-state index contributed by atoms with van der Waals surface area (Å²) in [5.74, 6) is 2.49. The number of halogens is 1. The van der Waals surface area contributed by atoms with Gasteiger partial charge in [0.05, 0.1) is 12.7 Å². The van der Waals surface area contributed by atoms with E-state index in [2.05, 4.69) is 6.58 Å². The maximum absolute atomic E-state index is 15.0. The zero-order valence-corrected chi connectivity index (χ0v) is 18.3. The second kappa shape index (κ2) is 10.9. The number of carbonyl (C=O) groups excluding carboxylic acids is 1. The van der Waals surface area contributed by atoms with Gasteiger partial charge in [-0.2, -0.15) is 0 Å². The van der Waals surface area contributed by atoms with Gasteiger partial charge < -0.3 is 9.84 Å². The minimum atomic E-state index is -0.630. The lowest BCUT2D eigenvalue weighted by molar-refractivity contribution is -0.139. The van der Waals surface area contributed by atoms with Crippen LogP contribution < -0.4 is 0 Å². The topological polar surface area (TPSA) is 46.5 Å². The minimum absolute atomic E-state index is 0.144. The van der Waals surface area contributed by atoms with Gasteiger partial charge in [0, 0.05) is 5.57 Å². The van der Waals surface area contributed by atoms with E-state index in [1.807, 2.05) is 0 Å². The van der Waals surface area contributed by atoms with Crippen molar-refractivity contribution in [2.45, 2.75) is 103 Å². The second-order valence-corrected chi connectivity index (χ2v) is 10.2. The molecule has 1 N–H and O–H groups in total. The van der Waals surface area contributed by atoms with Gasteiger partial charge in [-0.3, -0.25) is 0 Å². The molecule has 0 aromatic rings. The molecule has 4 heteroatoms. The summed E-state index contributed by atoms with van der Waals surface area (Å²) in [7, 11) is 0. The van der Waals surface area contributed by atoms with E-state index >= 15 is 4.39 Å². The number of esters is 1. The zero-order chi connectivity index (χ0) is 20.8. The summed E-state index contributed by atoms with van der Waals surface area (Å²) in [5.41, 5.74) is 0.465. The number of ether oxygens (including phenoxy) is 1. The molecule has 0 amide bonds. The summed E-state index contributed by atoms with van der Waals surface area (Å²) in [6, 6.07) is 0. The Morgan fingerprint density at radius 1 is 0.966 bits per heavy atom. The average Bonchev–Trinajstić information content (AvgIpc) is 2.72. The number of carbonyl (C=O) groups is 1. The fourth-order valence-corrected chi connectivity index (χ4v) is 6.27. The van der Waals surface area contributed by atoms with Gasteiger partial charge in [-0.05, 0) is 107 Å². The van der Waals surface area contributed by atoms with E-state index in [4.69, 9.17) is 4.74 Å². The lowest BCUT2D eigenvalue weighted by atomic mass is 9.64. The first-order chi connectivity index (χ1) is 13.9. The first-order valence-corrected chi connectivity index (χ1v) is 12.1. The molecule has 0 spiro atoms. The highest BCUT2D eigenvalue weighted by Crippen LogP contribution is 2.46. The lowest BCUT2D eigenvalue weighted by Gasteiger charge is -2.42. The van der Waals surface area contributed by atoms with Gasteiger partial charge >= 0.3 is 5.97 Å². The molecule has 3 nitrogen and oxygen atoms in total. The fourth-order valence-electron chi connectivity index (χ4n) is 6.27. The van der Waals surface area contributed by atoms with Gasteiger partial charge in [-0.1, -0.05) is 19.4 Å². The van der Waals surface area contributed by atoms with Crippen LogP contribution in [0, 0.1) is 29.6 Å². The molecule has 3 aliphatic rings. The number of rotatable bonds is 7. The first-order valence-electron chi connectivity index (χ1n) is 12.1. The fraction of sp³-hybridized carbons (Fsp3) is 0.880. The van der Waals surface area contributed by atoms with E-state index in [1.54, 1.807) is 6.92 Å². The Morgan fingerprint density at radius 2 is 1.59 bits per heavy atom. The summed E-state index contributed by atoms with van der Waals surface area (Å²) in [5, 5.41) is 9.72. The van der Waals surface area contributed by atoms with Crippen LogP contribution in [-0.4, -0.2) is 30.0 Å². The quantitative estimate of drug-likeness (QED) is 0.319. The number of hydrogen-bond donors (Lipinski definition) is 1. The molecule has 3 unspecified atom stereocenters. The number of alkyl halides is 1. The van der Waals surface area contributed by atoms with Gasteiger partial charge in [0.25, 0.3) is 0 Å². The van der Waals surface area contributed by atoms with E-state index < -0.39 is 6.17 Å². The van der Waals surface area contributed by atoms with Crippen LogP contribution in [0.1, 0.15) is 90.4 Å². The molecule has 3 fully saturated rings. The smallest absolute Gasteiger partial charge is 0.333 e. The van der Waals surface area contributed by atoms with Gasteiger partial charge in [-0.25, -0.2) is 9.18 Å². The molecule has 3 atom stereocenters. The van der Waals surface area contributed by atoms with E-state index in [9.17, 15) is 9.90 Å². The van der Waals surface area contributed by atoms with Crippen molar-refractivity contribution in [2.24, 2.45) is 29.6 Å². The third-order valence-electron chi connectivity index (χ3n) is 8.11. The zero-order valence-electron chi connectivity index (χ0n) is 18.3. The van der Waals surface area contributed by atoms with Crippen molar-refractivity contribution in [3.05, 3.63) is 12.2 Å². The normalized spacial score (nSPS) is 38.4. The highest BCUT2D eigenvalue weighted by Gasteiger charge is 2.39. The third kappa shape index (κ3) is 6.54. The molecular weight excluding hydrogens is 367 g/mol. The molecule has 3 aliphatic carbocycles. The van der Waals surface area contributed by atoms with Crippen molar-refractivity contribution >= 4 is 5.97 Å². The minimum Gasteiger partial charge on any atom is -0.462 e. The predicted octanol–water partition coefficient (Wildman–Crippen LogP) is 6.00. The highest BCUT2D eigenvalue weighted by molar-refractivity contribution is 5.86. The molecule has 29 heavy (non-hydrogen) atoms. The maximum atomic E-state index is 15.0. The summed E-state index contributed by atoms with van der Waals surface area (Å²) >= 11 is 0. The van der Waals surface area contributed by atoms with E-state index in [1.165, 1.54) is 32.1 Å². The van der Waals surface area contributed by atoms with Crippen LogP contribution in [0.5, 0.6) is 0 Å². The Balaban J connectivity index is 1.33. The standard InChI is InChI=1S/C25H41FO3/c1-17(2)25(28)29-15-3-4-18-5-7-19(8-6-18)21-11-14-23(24(26)16-21)20-9-12-22(27)13-10-20/h18-24,27H,1,3-16H2,2H3. The highest BCUT2D eigenvalue weighted by atomic mass is 19.1. The molecule has 0 aliphatic heterocycles. The third-order valence-corrected chi connectivity index (χ3v) is 8.11. The predicted molar refractivity (Wildman–Crippen MR) is 114 cm³/mol. The monoisotopic (exact) mass is 408 g/mol. The maximum Gasteiger partial charge on any atom is 0.333 e. The van der Waals surface area contributed by atoms with E-state index in [0.29, 0.717) is 29.9 Å². The molecule has 0 heterocycles. The van der Waals surface area contributed by atoms with Crippen molar-refractivity contribution in [1.29, 1.82) is 0 Å². The Morgan fingerprint density at radius 3 is 2.21 bits per heavy atom. The summed E-state index contributed by atoms with van der Waals surface area (Å²) < 4.78 is 20.2. The molecule has 0 aromatic heterocycles. The molecule has 3 rings (SSSR count). The van der Waals surface area contributed by atoms with Crippen LogP contribution in [0.25, 0.3) is 0 Å². The van der Waals surface area contributed by atoms with Crippen molar-refractivity contribution in [1.82, 2.24) is 0 Å². The second-order valence-electron chi connectivity index (χ2n) is 10.2. The van der Waals surface area contributed by atoms with Crippen molar-refractivity contribution < 1.29 is 19.0 Å². The van der Waals surface area contributed by atoms with Crippen LogP contribution >= 0.6 is 0 Å². The molecule has 0 saturated heterocycles. The van der Waals surface area contributed by atoms with Crippen LogP contribution in [-0.2, 0) is 9.53 Å². The lowest BCUT2D eigenvalue weighted by Crippen LogP contribution is -2.37. The molecule has 0 aromatic carbocycles. The van der Waals surface area contributed by atoms with Crippen molar-refractivity contribution in [3.63, 3.8) is 0 Å². The largest absolute Gasteiger partial charge is 0.462 e. The van der Waals surface area contributed by atoms with E-state index in [0.717, 1.165) is 57.3 Å². The van der Waals surface area contributed by atoms with Gasteiger partial charge in [0.2, 0.25) is 0 Å². The van der Waals surface area contributed by atoms with Gasteiger partial charge in [0.15, 0.2) is 0 Å². The van der Waals surface area contributed by atoms with Crippen LogP contribution in [0.15, 0.2) is 12.2 Å². The summed E-state index contributed by atoms with van der Waals surface area (Å²) in [6.07, 6.45) is 13.1.